The van der Waals surface area contributed by atoms with E-state index in [0.29, 0.717) is 12.1 Å². The van der Waals surface area contributed by atoms with Gasteiger partial charge in [-0.05, 0) is 0 Å². The quantitative estimate of drug-likeness (QED) is 0.885. The molecule has 0 fully saturated rings. The van der Waals surface area contributed by atoms with Crippen molar-refractivity contribution in [1.82, 2.24) is 14.8 Å². The van der Waals surface area contributed by atoms with Gasteiger partial charge in [-0.15, -0.1) is 0 Å². The lowest BCUT2D eigenvalue weighted by Gasteiger charge is -2.06. The molecule has 0 radical (unpaired) electrons. The highest BCUT2D eigenvalue weighted by atomic mass is 19.1. The van der Waals surface area contributed by atoms with Crippen LogP contribution in [-0.2, 0) is 7.05 Å². The molecular formula is C10H7F3N4O. The first-order chi connectivity index (χ1) is 8.49. The monoisotopic (exact) mass is 256 g/mol. The first kappa shape index (κ1) is 12.1. The number of aromatic nitrogens is 3. The fourth-order valence-electron chi connectivity index (χ4n) is 1.33. The topological polar surface area (TPSA) is 59.8 Å². The Hall–Kier alpha value is -2.38. The number of benzene rings is 1. The summed E-state index contributed by atoms with van der Waals surface area (Å²) in [6.45, 7) is 0. The van der Waals surface area contributed by atoms with E-state index in [4.69, 9.17) is 0 Å². The zero-order chi connectivity index (χ0) is 13.3. The standard InChI is InChI=1S/C10H7F3N4O/c1-17-10(14-4-15-17)16-9(18)8-6(12)2-5(11)3-7(8)13/h2-4H,1H3,(H,14,15,16,18). The zero-order valence-electron chi connectivity index (χ0n) is 9.12. The smallest absolute Gasteiger partial charge is 0.263 e. The summed E-state index contributed by atoms with van der Waals surface area (Å²) in [6, 6.07) is 0.851. The molecule has 2 aromatic rings. The summed E-state index contributed by atoms with van der Waals surface area (Å²) in [4.78, 5) is 15.3. The lowest BCUT2D eigenvalue weighted by molar-refractivity contribution is 0.101. The van der Waals surface area contributed by atoms with Crippen molar-refractivity contribution in [2.45, 2.75) is 0 Å². The van der Waals surface area contributed by atoms with Gasteiger partial charge in [-0.3, -0.25) is 10.1 Å². The van der Waals surface area contributed by atoms with Gasteiger partial charge in [0, 0.05) is 19.2 Å². The fourth-order valence-corrected chi connectivity index (χ4v) is 1.33. The predicted octanol–water partition coefficient (Wildman–Crippen LogP) is 1.48. The van der Waals surface area contributed by atoms with E-state index in [2.05, 4.69) is 15.4 Å². The highest BCUT2D eigenvalue weighted by Crippen LogP contribution is 2.16. The number of carbonyl (C=O) groups is 1. The van der Waals surface area contributed by atoms with Crippen molar-refractivity contribution in [1.29, 1.82) is 0 Å². The summed E-state index contributed by atoms with van der Waals surface area (Å²) in [6.07, 6.45) is 1.16. The van der Waals surface area contributed by atoms with Crippen molar-refractivity contribution in [3.8, 4) is 0 Å². The van der Waals surface area contributed by atoms with Gasteiger partial charge in [-0.2, -0.15) is 10.1 Å². The molecule has 1 aromatic carbocycles. The van der Waals surface area contributed by atoms with E-state index in [1.807, 2.05) is 0 Å². The van der Waals surface area contributed by atoms with Crippen molar-refractivity contribution >= 4 is 11.9 Å². The van der Waals surface area contributed by atoms with Crippen LogP contribution in [0.1, 0.15) is 10.4 Å². The van der Waals surface area contributed by atoms with E-state index in [1.165, 1.54) is 11.7 Å². The molecule has 0 unspecified atom stereocenters. The second kappa shape index (κ2) is 4.47. The number of amides is 1. The van der Waals surface area contributed by atoms with E-state index < -0.39 is 28.9 Å². The molecule has 0 spiro atoms. The Labute approximate surface area is 99.3 Å². The molecule has 1 N–H and O–H groups in total. The van der Waals surface area contributed by atoms with Crippen molar-refractivity contribution in [2.24, 2.45) is 7.05 Å². The number of aryl methyl sites for hydroxylation is 1. The van der Waals surface area contributed by atoms with E-state index in [9.17, 15) is 18.0 Å². The molecule has 0 aliphatic rings. The normalized spacial score (nSPS) is 10.4. The number of nitrogens with one attached hydrogen (secondary N) is 1. The van der Waals surface area contributed by atoms with Crippen molar-refractivity contribution in [3.05, 3.63) is 41.5 Å². The predicted molar refractivity (Wildman–Crippen MR) is 55.3 cm³/mol. The number of nitrogens with zero attached hydrogens (tertiary/aromatic N) is 3. The van der Waals surface area contributed by atoms with Crippen molar-refractivity contribution < 1.29 is 18.0 Å². The van der Waals surface area contributed by atoms with Crippen molar-refractivity contribution in [3.63, 3.8) is 0 Å². The second-order valence-corrected chi connectivity index (χ2v) is 3.41. The number of rotatable bonds is 2. The maximum absolute atomic E-state index is 13.3. The van der Waals surface area contributed by atoms with Crippen LogP contribution in [0.5, 0.6) is 0 Å². The van der Waals surface area contributed by atoms with Crippen LogP contribution in [-0.4, -0.2) is 20.7 Å². The lowest BCUT2D eigenvalue weighted by Crippen LogP contribution is -2.18. The van der Waals surface area contributed by atoms with Crippen LogP contribution >= 0.6 is 0 Å². The number of carbonyl (C=O) groups excluding carboxylic acids is 1. The minimum absolute atomic E-state index is 0.0168. The minimum atomic E-state index is -1.29. The average Bonchev–Trinajstić information content (AvgIpc) is 2.62. The van der Waals surface area contributed by atoms with Crippen LogP contribution in [0.3, 0.4) is 0 Å². The van der Waals surface area contributed by atoms with Crippen LogP contribution < -0.4 is 5.32 Å². The maximum Gasteiger partial charge on any atom is 0.263 e. The first-order valence-electron chi connectivity index (χ1n) is 4.79. The third-order valence-electron chi connectivity index (χ3n) is 2.17. The maximum atomic E-state index is 13.3. The Kier molecular flexibility index (Phi) is 3.00. The van der Waals surface area contributed by atoms with Gasteiger partial charge in [-0.25, -0.2) is 17.9 Å². The summed E-state index contributed by atoms with van der Waals surface area (Å²) < 4.78 is 40.5. The molecule has 94 valence electrons. The molecular weight excluding hydrogens is 249 g/mol. The van der Waals surface area contributed by atoms with Crippen LogP contribution in [0.25, 0.3) is 0 Å². The molecule has 1 amide bonds. The van der Waals surface area contributed by atoms with Gasteiger partial charge >= 0.3 is 0 Å². The minimum Gasteiger partial charge on any atom is -0.290 e. The number of hydrogen-bond donors (Lipinski definition) is 1. The second-order valence-electron chi connectivity index (χ2n) is 3.41. The Morgan fingerprint density at radius 1 is 1.28 bits per heavy atom. The summed E-state index contributed by atoms with van der Waals surface area (Å²) in [5.74, 6) is -4.72. The number of anilines is 1. The molecule has 2 rings (SSSR count). The summed E-state index contributed by atoms with van der Waals surface area (Å²) >= 11 is 0. The van der Waals surface area contributed by atoms with E-state index >= 15 is 0 Å². The molecule has 18 heavy (non-hydrogen) atoms. The van der Waals surface area contributed by atoms with Gasteiger partial charge < -0.3 is 0 Å². The van der Waals surface area contributed by atoms with E-state index in [-0.39, 0.29) is 5.95 Å². The first-order valence-corrected chi connectivity index (χ1v) is 4.79. The molecule has 5 nitrogen and oxygen atoms in total. The van der Waals surface area contributed by atoms with Crippen LogP contribution in [0, 0.1) is 17.5 Å². The summed E-state index contributed by atoms with van der Waals surface area (Å²) in [5, 5.41) is 5.82. The van der Waals surface area contributed by atoms with E-state index in [1.54, 1.807) is 0 Å². The number of hydrogen-bond acceptors (Lipinski definition) is 3. The average molecular weight is 256 g/mol. The van der Waals surface area contributed by atoms with Gasteiger partial charge in [0.05, 0.1) is 0 Å². The zero-order valence-corrected chi connectivity index (χ0v) is 9.12. The molecule has 1 aromatic heterocycles. The lowest BCUT2D eigenvalue weighted by atomic mass is 10.2. The molecule has 0 aliphatic heterocycles. The van der Waals surface area contributed by atoms with Crippen LogP contribution in [0.2, 0.25) is 0 Å². The number of halogens is 3. The van der Waals surface area contributed by atoms with E-state index in [0.717, 1.165) is 6.33 Å². The highest BCUT2D eigenvalue weighted by Gasteiger charge is 2.20. The molecule has 0 saturated carbocycles. The molecule has 0 bridgehead atoms. The molecule has 0 saturated heterocycles. The molecule has 0 aliphatic carbocycles. The Bertz CT molecular complexity index is 588. The fraction of sp³-hybridized carbons (Fsp3) is 0.100. The molecule has 0 atom stereocenters. The SMILES string of the molecule is Cn1ncnc1NC(=O)c1c(F)cc(F)cc1F. The third-order valence-corrected chi connectivity index (χ3v) is 2.17. The third kappa shape index (κ3) is 2.17. The van der Waals surface area contributed by atoms with Crippen molar-refractivity contribution in [2.75, 3.05) is 5.32 Å². The Morgan fingerprint density at radius 3 is 2.39 bits per heavy atom. The van der Waals surface area contributed by atoms with Gasteiger partial charge in [0.2, 0.25) is 5.95 Å². The molecule has 1 heterocycles. The highest BCUT2D eigenvalue weighted by molar-refractivity contribution is 6.03. The van der Waals surface area contributed by atoms with Gasteiger partial charge in [-0.1, -0.05) is 0 Å². The largest absolute Gasteiger partial charge is 0.290 e. The van der Waals surface area contributed by atoms with Crippen LogP contribution in [0.4, 0.5) is 19.1 Å². The summed E-state index contributed by atoms with van der Waals surface area (Å²) in [5.41, 5.74) is -0.876. The van der Waals surface area contributed by atoms with Gasteiger partial charge in [0.25, 0.3) is 5.91 Å². The summed E-state index contributed by atoms with van der Waals surface area (Å²) in [7, 11) is 1.49. The van der Waals surface area contributed by atoms with Gasteiger partial charge in [0.15, 0.2) is 0 Å². The Morgan fingerprint density at radius 2 is 1.89 bits per heavy atom. The Balaban J connectivity index is 2.33. The van der Waals surface area contributed by atoms with Crippen LogP contribution in [0.15, 0.2) is 18.5 Å². The van der Waals surface area contributed by atoms with Gasteiger partial charge in [0.1, 0.15) is 29.3 Å². The molecule has 8 heteroatoms.